The van der Waals surface area contributed by atoms with Crippen LogP contribution in [0, 0.1) is 0 Å². The molecular formula is C13H19O5+. The topological polar surface area (TPSA) is 57.6 Å². The second kappa shape index (κ2) is 7.55. The second-order valence-corrected chi connectivity index (χ2v) is 3.63. The van der Waals surface area contributed by atoms with E-state index in [-0.39, 0.29) is 0 Å². The molecule has 5 nitrogen and oxygen atoms in total. The van der Waals surface area contributed by atoms with Gasteiger partial charge in [-0.25, -0.2) is 4.79 Å². The molecule has 0 spiro atoms. The lowest BCUT2D eigenvalue weighted by atomic mass is 10.2. The highest BCUT2D eigenvalue weighted by Gasteiger charge is 2.10. The molecule has 0 saturated heterocycles. The number of rotatable bonds is 7. The average Bonchev–Trinajstić information content (AvgIpc) is 2.42. The van der Waals surface area contributed by atoms with E-state index in [1.165, 1.54) is 14.2 Å². The molecule has 1 N–H and O–H groups in total. The van der Waals surface area contributed by atoms with Crippen molar-refractivity contribution in [2.45, 2.75) is 6.42 Å². The summed E-state index contributed by atoms with van der Waals surface area (Å²) < 4.78 is 19.3. The number of ether oxygens (including phenoxy) is 4. The van der Waals surface area contributed by atoms with Crippen LogP contribution in [0.2, 0.25) is 0 Å². The van der Waals surface area contributed by atoms with Gasteiger partial charge in [0.2, 0.25) is 0 Å². The number of hydrogen-bond acceptors (Lipinski definition) is 4. The zero-order chi connectivity index (χ0) is 13.4. The van der Waals surface area contributed by atoms with Crippen molar-refractivity contribution in [1.29, 1.82) is 0 Å². The Bertz CT molecular complexity index is 389. The molecule has 0 bridgehead atoms. The second-order valence-electron chi connectivity index (χ2n) is 3.63. The summed E-state index contributed by atoms with van der Waals surface area (Å²) in [6.45, 7) is 1.30. The van der Waals surface area contributed by atoms with Gasteiger partial charge in [-0.2, -0.15) is 0 Å². The van der Waals surface area contributed by atoms with Crippen molar-refractivity contribution < 1.29 is 23.7 Å². The minimum absolute atomic E-state index is 0.409. The van der Waals surface area contributed by atoms with E-state index in [1.807, 2.05) is 0 Å². The van der Waals surface area contributed by atoms with Crippen LogP contribution in [-0.4, -0.2) is 45.2 Å². The fraction of sp³-hybridized carbons (Fsp3) is 0.462. The van der Waals surface area contributed by atoms with Crippen molar-refractivity contribution in [3.05, 3.63) is 23.8 Å². The van der Waals surface area contributed by atoms with Crippen LogP contribution >= 0.6 is 0 Å². The molecule has 1 aromatic rings. The highest BCUT2D eigenvalue weighted by Crippen LogP contribution is 2.23. The van der Waals surface area contributed by atoms with Gasteiger partial charge in [0.05, 0.1) is 32.8 Å². The standard InChI is InChI=1S/C13H18O5/c1-15-5-4-6-18-12-8-10(13(14)17-3)7-11(9-12)16-2/h7-9H,4-6H2,1-3H3/p+1. The molecular weight excluding hydrogens is 236 g/mol. The summed E-state index contributed by atoms with van der Waals surface area (Å²) in [6.07, 6.45) is 0.835. The number of esters is 1. The summed E-state index contributed by atoms with van der Waals surface area (Å²) in [5.41, 5.74) is 0.409. The van der Waals surface area contributed by atoms with E-state index in [0.717, 1.165) is 13.0 Å². The maximum absolute atomic E-state index is 11.5. The Morgan fingerprint density at radius 3 is 2.56 bits per heavy atom. The average molecular weight is 255 g/mol. The lowest BCUT2D eigenvalue weighted by molar-refractivity contribution is 0.00799. The number of benzene rings is 1. The van der Waals surface area contributed by atoms with Crippen molar-refractivity contribution >= 4 is 5.97 Å². The van der Waals surface area contributed by atoms with Gasteiger partial charge in [-0.05, 0) is 12.1 Å². The summed E-state index contributed by atoms with van der Waals surface area (Å²) in [5, 5.41) is 0. The SMILES string of the molecule is COC(=O)c1cc(OC)cc(OCCC[OH+]C)c1. The van der Waals surface area contributed by atoms with Crippen LogP contribution in [0.15, 0.2) is 18.2 Å². The van der Waals surface area contributed by atoms with Crippen LogP contribution in [0.1, 0.15) is 16.8 Å². The summed E-state index contributed by atoms with van der Waals surface area (Å²) in [5.74, 6) is 0.737. The zero-order valence-electron chi connectivity index (χ0n) is 10.9. The van der Waals surface area contributed by atoms with Crippen molar-refractivity contribution in [3.63, 3.8) is 0 Å². The molecule has 0 aromatic heterocycles. The molecule has 0 heterocycles. The van der Waals surface area contributed by atoms with Gasteiger partial charge in [-0.15, -0.1) is 0 Å². The van der Waals surface area contributed by atoms with Crippen molar-refractivity contribution in [1.82, 2.24) is 0 Å². The minimum atomic E-state index is -0.415. The lowest BCUT2D eigenvalue weighted by Gasteiger charge is -2.09. The van der Waals surface area contributed by atoms with E-state index in [2.05, 4.69) is 9.47 Å². The molecule has 5 heteroatoms. The van der Waals surface area contributed by atoms with Crippen molar-refractivity contribution in [2.75, 3.05) is 34.5 Å². The Labute approximate surface area is 107 Å². The summed E-state index contributed by atoms with van der Waals surface area (Å²) >= 11 is 0. The molecule has 0 aliphatic rings. The summed E-state index contributed by atoms with van der Waals surface area (Å²) in [7, 11) is 4.64. The monoisotopic (exact) mass is 255 g/mol. The molecule has 0 aliphatic carbocycles. The van der Waals surface area contributed by atoms with E-state index < -0.39 is 5.97 Å². The van der Waals surface area contributed by atoms with Crippen LogP contribution < -0.4 is 9.47 Å². The van der Waals surface area contributed by atoms with E-state index in [1.54, 1.807) is 25.3 Å². The normalized spacial score (nSPS) is 9.94. The third-order valence-corrected chi connectivity index (χ3v) is 2.33. The Balaban J connectivity index is 2.74. The van der Waals surface area contributed by atoms with Crippen molar-refractivity contribution in [2.24, 2.45) is 0 Å². The quantitative estimate of drug-likeness (QED) is 0.420. The Hall–Kier alpha value is -1.75. The van der Waals surface area contributed by atoms with E-state index in [4.69, 9.17) is 9.47 Å². The third kappa shape index (κ3) is 4.25. The molecule has 100 valence electrons. The van der Waals surface area contributed by atoms with Gasteiger partial charge in [-0.1, -0.05) is 0 Å². The number of carbonyl (C=O) groups is 1. The first-order valence-electron chi connectivity index (χ1n) is 5.67. The fourth-order valence-electron chi connectivity index (χ4n) is 1.42. The van der Waals surface area contributed by atoms with E-state index in [0.29, 0.717) is 23.7 Å². The van der Waals surface area contributed by atoms with E-state index in [9.17, 15) is 4.79 Å². The first-order chi connectivity index (χ1) is 8.71. The number of methoxy groups -OCH3 is 2. The number of aliphatic hydroxyl groups is 2. The highest BCUT2D eigenvalue weighted by atomic mass is 16.5. The fourth-order valence-corrected chi connectivity index (χ4v) is 1.42. The van der Waals surface area contributed by atoms with Gasteiger partial charge in [0.1, 0.15) is 25.2 Å². The molecule has 0 fully saturated rings. The maximum Gasteiger partial charge on any atom is 0.338 e. The first-order valence-corrected chi connectivity index (χ1v) is 5.67. The molecule has 1 aromatic carbocycles. The molecule has 0 radical (unpaired) electrons. The molecule has 0 amide bonds. The van der Waals surface area contributed by atoms with Crippen LogP contribution in [0.5, 0.6) is 11.5 Å². The molecule has 18 heavy (non-hydrogen) atoms. The summed E-state index contributed by atoms with van der Waals surface area (Å²) in [6, 6.07) is 4.98. The highest BCUT2D eigenvalue weighted by molar-refractivity contribution is 5.90. The molecule has 0 unspecified atom stereocenters. The Morgan fingerprint density at radius 1 is 1.22 bits per heavy atom. The molecule has 0 saturated carbocycles. The summed E-state index contributed by atoms with van der Waals surface area (Å²) in [4.78, 5) is 11.5. The first kappa shape index (κ1) is 14.3. The molecule has 1 rings (SSSR count). The van der Waals surface area contributed by atoms with Gasteiger partial charge in [-0.3, -0.25) is 0 Å². The van der Waals surface area contributed by atoms with Crippen LogP contribution in [0.25, 0.3) is 0 Å². The van der Waals surface area contributed by atoms with Gasteiger partial charge in [0, 0.05) is 6.07 Å². The largest absolute Gasteiger partial charge is 0.497 e. The number of carbonyl (C=O) groups excluding carboxylic acids is 1. The molecule has 0 atom stereocenters. The van der Waals surface area contributed by atoms with Gasteiger partial charge in [0.15, 0.2) is 0 Å². The van der Waals surface area contributed by atoms with E-state index >= 15 is 0 Å². The Kier molecular flexibility index (Phi) is 6.00. The number of hydrogen-bond donors (Lipinski definition) is 0. The lowest BCUT2D eigenvalue weighted by Crippen LogP contribution is -2.05. The minimum Gasteiger partial charge on any atom is -0.497 e. The zero-order valence-corrected chi connectivity index (χ0v) is 10.9. The predicted molar refractivity (Wildman–Crippen MR) is 67.5 cm³/mol. The van der Waals surface area contributed by atoms with Crippen LogP contribution in [0.4, 0.5) is 0 Å². The van der Waals surface area contributed by atoms with Gasteiger partial charge >= 0.3 is 5.97 Å². The Morgan fingerprint density at radius 2 is 1.94 bits per heavy atom. The predicted octanol–water partition coefficient (Wildman–Crippen LogP) is 1.41. The molecule has 0 aliphatic heterocycles. The smallest absolute Gasteiger partial charge is 0.338 e. The van der Waals surface area contributed by atoms with Crippen LogP contribution in [0.3, 0.4) is 0 Å². The van der Waals surface area contributed by atoms with Gasteiger partial charge < -0.3 is 18.9 Å². The third-order valence-electron chi connectivity index (χ3n) is 2.33. The van der Waals surface area contributed by atoms with Crippen LogP contribution in [-0.2, 0) is 4.74 Å². The van der Waals surface area contributed by atoms with Gasteiger partial charge in [0.25, 0.3) is 0 Å². The van der Waals surface area contributed by atoms with Crippen molar-refractivity contribution in [3.8, 4) is 11.5 Å². The maximum atomic E-state index is 11.5.